The molecule has 0 amide bonds. The van der Waals surface area contributed by atoms with Crippen molar-refractivity contribution in [1.29, 1.82) is 0 Å². The van der Waals surface area contributed by atoms with E-state index in [1.807, 2.05) is 30.3 Å². The van der Waals surface area contributed by atoms with Crippen LogP contribution in [0.15, 0.2) is 217 Å². The van der Waals surface area contributed by atoms with Gasteiger partial charge in [0, 0.05) is 44.3 Å². The molecule has 0 aliphatic heterocycles. The lowest BCUT2D eigenvalue weighted by Crippen LogP contribution is -2.09. The molecule has 11 rings (SSSR count). The highest BCUT2D eigenvalue weighted by Crippen LogP contribution is 2.40. The first-order valence-electron chi connectivity index (χ1n) is 19.5. The molecule has 4 heteroatoms. The van der Waals surface area contributed by atoms with Gasteiger partial charge in [0.25, 0.3) is 0 Å². The number of para-hydroxylation sites is 3. The van der Waals surface area contributed by atoms with Crippen LogP contribution in [0, 0.1) is 5.82 Å². The molecular weight excluding hydrogens is 712 g/mol. The van der Waals surface area contributed by atoms with E-state index in [1.165, 1.54) is 33.9 Å². The van der Waals surface area contributed by atoms with Crippen LogP contribution >= 0.6 is 0 Å². The molecule has 9 aromatic carbocycles. The molecule has 0 saturated heterocycles. The second kappa shape index (κ2) is 13.8. The minimum absolute atomic E-state index is 0.241. The van der Waals surface area contributed by atoms with Crippen molar-refractivity contribution in [3.63, 3.8) is 0 Å². The Balaban J connectivity index is 0.965. The molecule has 0 unspecified atom stereocenters. The summed E-state index contributed by atoms with van der Waals surface area (Å²) in [5.41, 5.74) is 14.9. The third-order valence-corrected chi connectivity index (χ3v) is 11.3. The van der Waals surface area contributed by atoms with Gasteiger partial charge in [-0.2, -0.15) is 0 Å². The Hall–Kier alpha value is -7.69. The third kappa shape index (κ3) is 5.82. The maximum absolute atomic E-state index is 13.7. The number of halogens is 1. The lowest BCUT2D eigenvalue weighted by molar-refractivity contribution is 0.628. The summed E-state index contributed by atoms with van der Waals surface area (Å²) in [5.74, 6) is -0.241. The van der Waals surface area contributed by atoms with Gasteiger partial charge in [0.15, 0.2) is 0 Å². The van der Waals surface area contributed by atoms with Crippen molar-refractivity contribution < 1.29 is 8.81 Å². The first kappa shape index (κ1) is 33.6. The van der Waals surface area contributed by atoms with E-state index in [9.17, 15) is 4.39 Å². The summed E-state index contributed by atoms with van der Waals surface area (Å²) in [6, 6.07) is 73.2. The first-order chi connectivity index (χ1) is 28.6. The molecule has 11 aromatic rings. The number of anilines is 3. The van der Waals surface area contributed by atoms with Crippen molar-refractivity contribution in [2.75, 3.05) is 4.90 Å². The number of rotatable bonds is 7. The molecule has 0 bridgehead atoms. The van der Waals surface area contributed by atoms with Gasteiger partial charge in [0.05, 0.1) is 11.0 Å². The fraction of sp³-hybridized carbons (Fsp3) is 0. The van der Waals surface area contributed by atoms with Crippen LogP contribution in [-0.4, -0.2) is 4.57 Å². The summed E-state index contributed by atoms with van der Waals surface area (Å²) in [6.07, 6.45) is 0. The van der Waals surface area contributed by atoms with Gasteiger partial charge in [0.1, 0.15) is 17.0 Å². The predicted octanol–water partition coefficient (Wildman–Crippen LogP) is 15.3. The summed E-state index contributed by atoms with van der Waals surface area (Å²) in [7, 11) is 0. The maximum Gasteiger partial charge on any atom is 0.136 e. The standard InChI is InChI=1S/C54H35FN2O/c55-42-24-14-36(15-25-42)37-16-26-44(27-17-37)56(46-30-20-39(21-31-46)41-22-32-49-48-11-5-7-13-53(48)58-54(49)35-41)45-28-18-38(19-29-45)40-23-33-52-50(34-40)47-10-4-6-12-51(47)57(52)43-8-2-1-3-9-43/h1-35H. The Kier molecular flexibility index (Phi) is 8.00. The quantitative estimate of drug-likeness (QED) is 0.162. The van der Waals surface area contributed by atoms with Crippen LogP contribution in [-0.2, 0) is 0 Å². The third-order valence-electron chi connectivity index (χ3n) is 11.3. The second-order valence-corrected chi connectivity index (χ2v) is 14.7. The van der Waals surface area contributed by atoms with Gasteiger partial charge in [0.2, 0.25) is 0 Å². The van der Waals surface area contributed by atoms with Crippen molar-refractivity contribution in [1.82, 2.24) is 4.57 Å². The normalized spacial score (nSPS) is 11.5. The van der Waals surface area contributed by atoms with Crippen LogP contribution in [0.2, 0.25) is 0 Å². The van der Waals surface area contributed by atoms with Crippen molar-refractivity contribution in [3.05, 3.63) is 218 Å². The summed E-state index contributed by atoms with van der Waals surface area (Å²) in [4.78, 5) is 2.28. The van der Waals surface area contributed by atoms with Crippen molar-refractivity contribution in [2.45, 2.75) is 0 Å². The number of benzene rings is 9. The van der Waals surface area contributed by atoms with Crippen molar-refractivity contribution in [3.8, 4) is 39.1 Å². The smallest absolute Gasteiger partial charge is 0.136 e. The fourth-order valence-electron chi connectivity index (χ4n) is 8.41. The van der Waals surface area contributed by atoms with Crippen LogP contribution in [0.4, 0.5) is 21.5 Å². The summed E-state index contributed by atoms with van der Waals surface area (Å²) in [6.45, 7) is 0. The predicted molar refractivity (Wildman–Crippen MR) is 239 cm³/mol. The lowest BCUT2D eigenvalue weighted by Gasteiger charge is -2.26. The van der Waals surface area contributed by atoms with E-state index < -0.39 is 0 Å². The molecule has 3 nitrogen and oxygen atoms in total. The van der Waals surface area contributed by atoms with E-state index in [1.54, 1.807) is 0 Å². The number of fused-ring (bicyclic) bond motifs is 6. The average Bonchev–Trinajstić information content (AvgIpc) is 3.83. The molecule has 58 heavy (non-hydrogen) atoms. The second-order valence-electron chi connectivity index (χ2n) is 14.7. The highest BCUT2D eigenvalue weighted by atomic mass is 19.1. The molecule has 0 atom stereocenters. The van der Waals surface area contributed by atoms with Crippen LogP contribution in [0.1, 0.15) is 0 Å². The fourth-order valence-corrected chi connectivity index (χ4v) is 8.41. The Labute approximate surface area is 335 Å². The molecule has 0 aliphatic carbocycles. The van der Waals surface area contributed by atoms with Gasteiger partial charge in [-0.15, -0.1) is 0 Å². The van der Waals surface area contributed by atoms with Crippen LogP contribution in [0.5, 0.6) is 0 Å². The Morgan fingerprint density at radius 1 is 0.345 bits per heavy atom. The Morgan fingerprint density at radius 3 is 1.47 bits per heavy atom. The molecule has 0 N–H and O–H groups in total. The summed E-state index contributed by atoms with van der Waals surface area (Å²) in [5, 5.41) is 4.70. The number of nitrogens with zero attached hydrogens (tertiary/aromatic N) is 2. The number of hydrogen-bond donors (Lipinski definition) is 0. The summed E-state index contributed by atoms with van der Waals surface area (Å²) < 4.78 is 22.3. The van der Waals surface area contributed by atoms with Gasteiger partial charge in [-0.3, -0.25) is 0 Å². The van der Waals surface area contributed by atoms with Crippen molar-refractivity contribution in [2.24, 2.45) is 0 Å². The van der Waals surface area contributed by atoms with E-state index in [0.29, 0.717) is 0 Å². The van der Waals surface area contributed by atoms with Gasteiger partial charge < -0.3 is 13.9 Å². The molecule has 0 spiro atoms. The van der Waals surface area contributed by atoms with Gasteiger partial charge in [-0.25, -0.2) is 4.39 Å². The number of hydrogen-bond acceptors (Lipinski definition) is 2. The number of aromatic nitrogens is 1. The molecular formula is C54H35FN2O. The van der Waals surface area contributed by atoms with Crippen LogP contribution in [0.25, 0.3) is 82.8 Å². The molecule has 2 heterocycles. The molecule has 2 aromatic heterocycles. The summed E-state index contributed by atoms with van der Waals surface area (Å²) >= 11 is 0. The SMILES string of the molecule is Fc1ccc(-c2ccc(N(c3ccc(-c4ccc5c(c4)oc4ccccc45)cc3)c3ccc(-c4ccc5c(c4)c4ccccc4n5-c4ccccc4)cc3)cc2)cc1. The topological polar surface area (TPSA) is 21.3 Å². The average molecular weight is 747 g/mol. The van der Waals surface area contributed by atoms with Crippen LogP contribution in [0.3, 0.4) is 0 Å². The van der Waals surface area contributed by atoms with E-state index in [4.69, 9.17) is 4.42 Å². The monoisotopic (exact) mass is 746 g/mol. The zero-order chi connectivity index (χ0) is 38.6. The molecule has 274 valence electrons. The Bertz CT molecular complexity index is 3250. The zero-order valence-corrected chi connectivity index (χ0v) is 31.4. The van der Waals surface area contributed by atoms with Gasteiger partial charge in [-0.1, -0.05) is 115 Å². The van der Waals surface area contributed by atoms with Crippen molar-refractivity contribution >= 4 is 60.8 Å². The maximum atomic E-state index is 13.7. The molecule has 0 radical (unpaired) electrons. The minimum Gasteiger partial charge on any atom is -0.456 e. The van der Waals surface area contributed by atoms with E-state index in [2.05, 4.69) is 179 Å². The largest absolute Gasteiger partial charge is 0.456 e. The first-order valence-corrected chi connectivity index (χ1v) is 19.5. The zero-order valence-electron chi connectivity index (χ0n) is 31.4. The van der Waals surface area contributed by atoms with E-state index in [0.717, 1.165) is 78.1 Å². The number of furan rings is 1. The molecule has 0 fully saturated rings. The van der Waals surface area contributed by atoms with Gasteiger partial charge in [-0.05, 0) is 130 Å². The Morgan fingerprint density at radius 2 is 0.810 bits per heavy atom. The molecule has 0 aliphatic rings. The van der Waals surface area contributed by atoms with E-state index >= 15 is 0 Å². The highest BCUT2D eigenvalue weighted by Gasteiger charge is 2.16. The van der Waals surface area contributed by atoms with Gasteiger partial charge >= 0.3 is 0 Å². The highest BCUT2D eigenvalue weighted by molar-refractivity contribution is 6.10. The molecule has 0 saturated carbocycles. The lowest BCUT2D eigenvalue weighted by atomic mass is 10.0. The minimum atomic E-state index is -0.241. The van der Waals surface area contributed by atoms with E-state index in [-0.39, 0.29) is 5.82 Å². The van der Waals surface area contributed by atoms with Crippen LogP contribution < -0.4 is 4.90 Å².